The Kier molecular flexibility index (Phi) is 3.97. The SMILES string of the molecule is Cc1nccc(C2CCC2)c1CSc1nc2c(c(=O)[nH]1)CCC2. The molecule has 0 bridgehead atoms. The maximum atomic E-state index is 12.1. The molecule has 2 aromatic rings. The first-order chi connectivity index (χ1) is 11.2. The second kappa shape index (κ2) is 6.11. The van der Waals surface area contributed by atoms with Gasteiger partial charge < -0.3 is 4.98 Å². The van der Waals surface area contributed by atoms with Gasteiger partial charge in [-0.2, -0.15) is 0 Å². The first kappa shape index (κ1) is 14.9. The number of hydrogen-bond acceptors (Lipinski definition) is 4. The van der Waals surface area contributed by atoms with E-state index >= 15 is 0 Å². The predicted octanol–water partition coefficient (Wildman–Crippen LogP) is 3.52. The van der Waals surface area contributed by atoms with Gasteiger partial charge in [0.25, 0.3) is 5.56 Å². The summed E-state index contributed by atoms with van der Waals surface area (Å²) in [5.41, 5.74) is 5.81. The molecule has 0 atom stereocenters. The fraction of sp³-hybridized carbons (Fsp3) is 0.500. The van der Waals surface area contributed by atoms with Crippen molar-refractivity contribution < 1.29 is 0 Å². The molecule has 4 rings (SSSR count). The number of aryl methyl sites for hydroxylation is 2. The molecule has 2 aromatic heterocycles. The fourth-order valence-corrected chi connectivity index (χ4v) is 4.53. The standard InChI is InChI=1S/C18H21N3OS/c1-11-15(13(8-9-19-11)12-4-2-5-12)10-23-18-20-16-7-3-6-14(16)17(22)21-18/h8-9,12H,2-7,10H2,1H3,(H,20,21,22). The molecule has 1 fully saturated rings. The third-order valence-electron chi connectivity index (χ3n) is 5.13. The Morgan fingerprint density at radius 2 is 2.17 bits per heavy atom. The molecule has 0 saturated heterocycles. The molecule has 2 heterocycles. The molecule has 1 saturated carbocycles. The average molecular weight is 327 g/mol. The molecule has 0 aromatic carbocycles. The van der Waals surface area contributed by atoms with Crippen molar-refractivity contribution in [3.05, 3.63) is 50.7 Å². The lowest BCUT2D eigenvalue weighted by atomic mass is 9.78. The van der Waals surface area contributed by atoms with E-state index in [1.165, 1.54) is 30.4 Å². The smallest absolute Gasteiger partial charge is 0.254 e. The lowest BCUT2D eigenvalue weighted by Gasteiger charge is -2.28. The van der Waals surface area contributed by atoms with Crippen molar-refractivity contribution in [1.82, 2.24) is 15.0 Å². The van der Waals surface area contributed by atoms with Gasteiger partial charge in [0.05, 0.1) is 5.69 Å². The van der Waals surface area contributed by atoms with Crippen molar-refractivity contribution in [3.63, 3.8) is 0 Å². The van der Waals surface area contributed by atoms with Gasteiger partial charge in [-0.05, 0) is 62.1 Å². The largest absolute Gasteiger partial charge is 0.301 e. The summed E-state index contributed by atoms with van der Waals surface area (Å²) in [5, 5.41) is 0.749. The summed E-state index contributed by atoms with van der Waals surface area (Å²) in [7, 11) is 0. The number of thioether (sulfide) groups is 1. The van der Waals surface area contributed by atoms with Crippen LogP contribution in [0.25, 0.3) is 0 Å². The summed E-state index contributed by atoms with van der Waals surface area (Å²) >= 11 is 1.63. The van der Waals surface area contributed by atoms with Crippen LogP contribution in [0.15, 0.2) is 22.2 Å². The summed E-state index contributed by atoms with van der Waals surface area (Å²) in [6.45, 7) is 2.08. The molecule has 23 heavy (non-hydrogen) atoms. The quantitative estimate of drug-likeness (QED) is 0.689. The van der Waals surface area contributed by atoms with Gasteiger partial charge in [-0.25, -0.2) is 4.98 Å². The minimum absolute atomic E-state index is 0.0529. The molecule has 120 valence electrons. The summed E-state index contributed by atoms with van der Waals surface area (Å²) in [6.07, 6.45) is 8.68. The highest BCUT2D eigenvalue weighted by molar-refractivity contribution is 7.98. The van der Waals surface area contributed by atoms with Crippen LogP contribution >= 0.6 is 11.8 Å². The molecule has 4 nitrogen and oxygen atoms in total. The first-order valence-electron chi connectivity index (χ1n) is 8.41. The molecule has 5 heteroatoms. The molecular formula is C18H21N3OS. The minimum Gasteiger partial charge on any atom is -0.301 e. The first-order valence-corrected chi connectivity index (χ1v) is 9.40. The van der Waals surface area contributed by atoms with Crippen LogP contribution in [-0.4, -0.2) is 15.0 Å². The number of nitrogens with one attached hydrogen (secondary N) is 1. The van der Waals surface area contributed by atoms with Crippen LogP contribution < -0.4 is 5.56 Å². The highest BCUT2D eigenvalue weighted by Gasteiger charge is 2.23. The van der Waals surface area contributed by atoms with Crippen molar-refractivity contribution in [2.24, 2.45) is 0 Å². The molecule has 0 amide bonds. The van der Waals surface area contributed by atoms with Crippen LogP contribution in [0.2, 0.25) is 0 Å². The number of pyridine rings is 1. The number of aromatic amines is 1. The van der Waals surface area contributed by atoms with Crippen molar-refractivity contribution in [1.29, 1.82) is 0 Å². The van der Waals surface area contributed by atoms with Crippen LogP contribution in [0.4, 0.5) is 0 Å². The third-order valence-corrected chi connectivity index (χ3v) is 6.03. The number of H-pyrrole nitrogens is 1. The van der Waals surface area contributed by atoms with Gasteiger partial charge in [0.15, 0.2) is 5.16 Å². The Labute approximate surface area is 140 Å². The zero-order valence-corrected chi connectivity index (χ0v) is 14.2. The van der Waals surface area contributed by atoms with E-state index in [-0.39, 0.29) is 5.56 Å². The lowest BCUT2D eigenvalue weighted by Crippen LogP contribution is -2.15. The fourth-order valence-electron chi connectivity index (χ4n) is 3.53. The number of nitrogens with zero attached hydrogens (tertiary/aromatic N) is 2. The van der Waals surface area contributed by atoms with Gasteiger partial charge in [0.2, 0.25) is 0 Å². The van der Waals surface area contributed by atoms with Gasteiger partial charge >= 0.3 is 0 Å². The zero-order chi connectivity index (χ0) is 15.8. The van der Waals surface area contributed by atoms with E-state index in [1.54, 1.807) is 11.8 Å². The van der Waals surface area contributed by atoms with Crippen LogP contribution in [-0.2, 0) is 18.6 Å². The Morgan fingerprint density at radius 1 is 1.30 bits per heavy atom. The topological polar surface area (TPSA) is 58.6 Å². The lowest BCUT2D eigenvalue weighted by molar-refractivity contribution is 0.417. The van der Waals surface area contributed by atoms with E-state index in [2.05, 4.69) is 27.9 Å². The van der Waals surface area contributed by atoms with Gasteiger partial charge in [-0.3, -0.25) is 9.78 Å². The van der Waals surface area contributed by atoms with E-state index in [0.717, 1.165) is 47.1 Å². The van der Waals surface area contributed by atoms with Crippen molar-refractivity contribution in [3.8, 4) is 0 Å². The number of fused-ring (bicyclic) bond motifs is 1. The van der Waals surface area contributed by atoms with Crippen LogP contribution in [0.5, 0.6) is 0 Å². The monoisotopic (exact) mass is 327 g/mol. The van der Waals surface area contributed by atoms with Crippen molar-refractivity contribution in [2.45, 2.75) is 62.3 Å². The van der Waals surface area contributed by atoms with Crippen molar-refractivity contribution >= 4 is 11.8 Å². The molecule has 0 aliphatic heterocycles. The molecule has 0 spiro atoms. The summed E-state index contributed by atoms with van der Waals surface area (Å²) in [6, 6.07) is 2.17. The van der Waals surface area contributed by atoms with Crippen LogP contribution in [0.3, 0.4) is 0 Å². The van der Waals surface area contributed by atoms with Gasteiger partial charge in [0.1, 0.15) is 0 Å². The Balaban J connectivity index is 1.58. The number of hydrogen-bond donors (Lipinski definition) is 1. The number of aromatic nitrogens is 3. The van der Waals surface area contributed by atoms with Crippen molar-refractivity contribution in [2.75, 3.05) is 0 Å². The summed E-state index contributed by atoms with van der Waals surface area (Å²) in [5.74, 6) is 1.52. The Hall–Kier alpha value is -1.62. The van der Waals surface area contributed by atoms with E-state index < -0.39 is 0 Å². The zero-order valence-electron chi connectivity index (χ0n) is 13.4. The highest BCUT2D eigenvalue weighted by Crippen LogP contribution is 2.39. The highest BCUT2D eigenvalue weighted by atomic mass is 32.2. The predicted molar refractivity (Wildman–Crippen MR) is 92.0 cm³/mol. The second-order valence-corrected chi connectivity index (χ2v) is 7.49. The van der Waals surface area contributed by atoms with Gasteiger partial charge in [-0.15, -0.1) is 0 Å². The normalized spacial score (nSPS) is 17.1. The van der Waals surface area contributed by atoms with Crippen LogP contribution in [0, 0.1) is 6.92 Å². The second-order valence-electron chi connectivity index (χ2n) is 6.53. The average Bonchev–Trinajstić information content (AvgIpc) is 2.94. The molecule has 0 radical (unpaired) electrons. The molecule has 2 aliphatic rings. The maximum absolute atomic E-state index is 12.1. The summed E-state index contributed by atoms with van der Waals surface area (Å²) in [4.78, 5) is 24.2. The molecular weight excluding hydrogens is 306 g/mol. The summed E-state index contributed by atoms with van der Waals surface area (Å²) < 4.78 is 0. The Morgan fingerprint density at radius 3 is 2.96 bits per heavy atom. The van der Waals surface area contributed by atoms with Gasteiger partial charge in [0, 0.05) is 23.2 Å². The van der Waals surface area contributed by atoms with Gasteiger partial charge in [-0.1, -0.05) is 18.2 Å². The molecule has 2 aliphatic carbocycles. The maximum Gasteiger partial charge on any atom is 0.254 e. The minimum atomic E-state index is 0.0529. The van der Waals surface area contributed by atoms with E-state index in [9.17, 15) is 4.79 Å². The molecule has 0 unspecified atom stereocenters. The van der Waals surface area contributed by atoms with E-state index in [4.69, 9.17) is 0 Å². The third kappa shape index (κ3) is 2.82. The molecule has 1 N–H and O–H groups in total. The van der Waals surface area contributed by atoms with E-state index in [1.807, 2.05) is 6.20 Å². The Bertz CT molecular complexity index is 795. The van der Waals surface area contributed by atoms with E-state index in [0.29, 0.717) is 5.92 Å². The number of rotatable bonds is 4. The van der Waals surface area contributed by atoms with Crippen LogP contribution in [0.1, 0.15) is 59.7 Å².